The van der Waals surface area contributed by atoms with E-state index in [9.17, 15) is 22.4 Å². The summed E-state index contributed by atoms with van der Waals surface area (Å²) >= 11 is 0. The first-order chi connectivity index (χ1) is 17.1. The van der Waals surface area contributed by atoms with Crippen LogP contribution in [0.1, 0.15) is 16.7 Å². The minimum absolute atomic E-state index is 0.00243. The van der Waals surface area contributed by atoms with Gasteiger partial charge in [-0.05, 0) is 42.3 Å². The van der Waals surface area contributed by atoms with Gasteiger partial charge in [-0.3, -0.25) is 9.59 Å². The van der Waals surface area contributed by atoms with Gasteiger partial charge in [0.2, 0.25) is 21.8 Å². The van der Waals surface area contributed by atoms with Crippen molar-refractivity contribution >= 4 is 21.8 Å². The first-order valence-corrected chi connectivity index (χ1v) is 12.9. The number of carbonyl (C=O) groups excluding carboxylic acids is 2. The first-order valence-electron chi connectivity index (χ1n) is 11.4. The molecule has 1 N–H and O–H groups in total. The molecule has 0 heterocycles. The van der Waals surface area contributed by atoms with Crippen LogP contribution >= 0.6 is 0 Å². The summed E-state index contributed by atoms with van der Waals surface area (Å²) in [6.07, 6.45) is 0.224. The van der Waals surface area contributed by atoms with Crippen molar-refractivity contribution in [2.75, 3.05) is 20.6 Å². The lowest BCUT2D eigenvalue weighted by molar-refractivity contribution is -0.141. The molecule has 7 nitrogen and oxygen atoms in total. The Morgan fingerprint density at radius 3 is 2.11 bits per heavy atom. The monoisotopic (exact) mass is 511 g/mol. The van der Waals surface area contributed by atoms with Gasteiger partial charge < -0.3 is 10.2 Å². The topological polar surface area (TPSA) is 86.8 Å². The molecule has 0 aromatic heterocycles. The molecule has 9 heteroatoms. The van der Waals surface area contributed by atoms with E-state index in [1.54, 1.807) is 12.1 Å². The Kier molecular flexibility index (Phi) is 8.95. The van der Waals surface area contributed by atoms with Gasteiger partial charge >= 0.3 is 0 Å². The van der Waals surface area contributed by atoms with Crippen molar-refractivity contribution in [2.24, 2.45) is 0 Å². The molecule has 0 radical (unpaired) electrons. The fourth-order valence-electron chi connectivity index (χ4n) is 3.76. The van der Waals surface area contributed by atoms with E-state index < -0.39 is 40.2 Å². The van der Waals surface area contributed by atoms with E-state index in [0.29, 0.717) is 5.56 Å². The van der Waals surface area contributed by atoms with Crippen molar-refractivity contribution in [3.63, 3.8) is 0 Å². The van der Waals surface area contributed by atoms with E-state index in [-0.39, 0.29) is 17.9 Å². The molecule has 190 valence electrons. The molecule has 0 saturated carbocycles. The predicted molar refractivity (Wildman–Crippen MR) is 136 cm³/mol. The van der Waals surface area contributed by atoms with E-state index in [1.807, 2.05) is 37.3 Å². The summed E-state index contributed by atoms with van der Waals surface area (Å²) in [6, 6.07) is 20.3. The smallest absolute Gasteiger partial charge is 0.243 e. The van der Waals surface area contributed by atoms with Gasteiger partial charge in [0.15, 0.2) is 0 Å². The maximum absolute atomic E-state index is 13.6. The highest BCUT2D eigenvalue weighted by atomic mass is 32.2. The molecule has 1 atom stereocenters. The van der Waals surface area contributed by atoms with Gasteiger partial charge in [0.05, 0.1) is 11.4 Å². The number of nitrogens with zero attached hydrogens (tertiary/aromatic N) is 2. The van der Waals surface area contributed by atoms with Crippen LogP contribution in [0.15, 0.2) is 83.8 Å². The first kappa shape index (κ1) is 27.0. The number of nitrogens with one attached hydrogen (secondary N) is 1. The van der Waals surface area contributed by atoms with Gasteiger partial charge in [0.25, 0.3) is 0 Å². The number of hydrogen-bond donors (Lipinski definition) is 1. The molecule has 0 aliphatic heterocycles. The fraction of sp³-hybridized carbons (Fsp3) is 0.259. The van der Waals surface area contributed by atoms with Crippen LogP contribution in [0.3, 0.4) is 0 Å². The maximum Gasteiger partial charge on any atom is 0.243 e. The molecule has 0 saturated heterocycles. The van der Waals surface area contributed by atoms with Gasteiger partial charge in [0, 0.05) is 27.1 Å². The minimum atomic E-state index is -3.94. The number of hydrogen-bond acceptors (Lipinski definition) is 4. The summed E-state index contributed by atoms with van der Waals surface area (Å²) in [5.41, 5.74) is 2.35. The molecule has 0 aliphatic rings. The summed E-state index contributed by atoms with van der Waals surface area (Å²) in [4.78, 5) is 27.9. The molecule has 0 aliphatic carbocycles. The number of carbonyl (C=O) groups is 2. The van der Waals surface area contributed by atoms with E-state index in [0.717, 1.165) is 15.4 Å². The Hall–Kier alpha value is -3.56. The number of rotatable bonds is 10. The molecule has 2 amide bonds. The molecule has 0 spiro atoms. The normalized spacial score (nSPS) is 12.2. The third-order valence-corrected chi connectivity index (χ3v) is 7.69. The number of halogens is 1. The second-order valence-electron chi connectivity index (χ2n) is 8.54. The number of amides is 2. The summed E-state index contributed by atoms with van der Waals surface area (Å²) < 4.78 is 40.6. The number of aryl methyl sites for hydroxylation is 1. The fourth-order valence-corrected chi connectivity index (χ4v) is 4.88. The van der Waals surface area contributed by atoms with Crippen LogP contribution in [0.5, 0.6) is 0 Å². The zero-order valence-corrected chi connectivity index (χ0v) is 21.3. The lowest BCUT2D eigenvalue weighted by Crippen LogP contribution is -2.52. The van der Waals surface area contributed by atoms with Crippen LogP contribution in [0.4, 0.5) is 4.39 Å². The largest absolute Gasteiger partial charge is 0.357 e. The van der Waals surface area contributed by atoms with Crippen LogP contribution in [0, 0.1) is 12.7 Å². The lowest BCUT2D eigenvalue weighted by Gasteiger charge is -2.32. The molecule has 3 aromatic carbocycles. The van der Waals surface area contributed by atoms with Crippen LogP contribution in [0.25, 0.3) is 0 Å². The Morgan fingerprint density at radius 2 is 1.53 bits per heavy atom. The third kappa shape index (κ3) is 6.77. The van der Waals surface area contributed by atoms with Crippen molar-refractivity contribution in [1.29, 1.82) is 0 Å². The predicted octanol–water partition coefficient (Wildman–Crippen LogP) is 3.14. The molecule has 3 aromatic rings. The van der Waals surface area contributed by atoms with Gasteiger partial charge in [-0.15, -0.1) is 0 Å². The maximum atomic E-state index is 13.6. The van der Waals surface area contributed by atoms with Gasteiger partial charge in [-0.25, -0.2) is 12.8 Å². The Morgan fingerprint density at radius 1 is 0.917 bits per heavy atom. The zero-order chi connectivity index (χ0) is 26.3. The van der Waals surface area contributed by atoms with Crippen LogP contribution in [-0.2, 0) is 32.6 Å². The van der Waals surface area contributed by atoms with Crippen molar-refractivity contribution in [3.8, 4) is 0 Å². The molecule has 3 rings (SSSR count). The van der Waals surface area contributed by atoms with Crippen molar-refractivity contribution < 1.29 is 22.4 Å². The highest BCUT2D eigenvalue weighted by Crippen LogP contribution is 2.18. The quantitative estimate of drug-likeness (QED) is 0.453. The molecular weight excluding hydrogens is 481 g/mol. The average molecular weight is 512 g/mol. The third-order valence-electron chi connectivity index (χ3n) is 5.87. The second kappa shape index (κ2) is 11.9. The SMILES string of the molecule is CNC(=O)C(Cc1ccccc1)N(Cc1ccc(F)cc1)C(=O)CN(C)S(=O)(=O)c1ccc(C)cc1. The summed E-state index contributed by atoms with van der Waals surface area (Å²) in [7, 11) is -1.13. The summed E-state index contributed by atoms with van der Waals surface area (Å²) in [5.74, 6) is -1.37. The molecule has 36 heavy (non-hydrogen) atoms. The van der Waals surface area contributed by atoms with E-state index >= 15 is 0 Å². The van der Waals surface area contributed by atoms with Crippen molar-refractivity contribution in [3.05, 3.63) is 101 Å². The highest BCUT2D eigenvalue weighted by molar-refractivity contribution is 7.89. The van der Waals surface area contributed by atoms with Crippen LogP contribution < -0.4 is 5.32 Å². The minimum Gasteiger partial charge on any atom is -0.357 e. The number of sulfonamides is 1. The van der Waals surface area contributed by atoms with E-state index in [4.69, 9.17) is 0 Å². The van der Waals surface area contributed by atoms with Gasteiger partial charge in [0.1, 0.15) is 11.9 Å². The van der Waals surface area contributed by atoms with Crippen molar-refractivity contribution in [1.82, 2.24) is 14.5 Å². The van der Waals surface area contributed by atoms with E-state index in [1.165, 1.54) is 55.4 Å². The Balaban J connectivity index is 1.93. The van der Waals surface area contributed by atoms with E-state index in [2.05, 4.69) is 5.32 Å². The zero-order valence-electron chi connectivity index (χ0n) is 20.5. The lowest BCUT2D eigenvalue weighted by atomic mass is 10.0. The molecular formula is C27H30FN3O4S. The van der Waals surface area contributed by atoms with Gasteiger partial charge in [-0.2, -0.15) is 4.31 Å². The number of likely N-dealkylation sites (N-methyl/N-ethyl adjacent to an activating group) is 2. The number of benzene rings is 3. The Labute approximate surface area is 211 Å². The average Bonchev–Trinajstić information content (AvgIpc) is 2.87. The summed E-state index contributed by atoms with van der Waals surface area (Å²) in [6.45, 7) is 1.38. The van der Waals surface area contributed by atoms with Crippen molar-refractivity contribution in [2.45, 2.75) is 30.8 Å². The molecule has 0 fully saturated rings. The molecule has 1 unspecified atom stereocenters. The second-order valence-corrected chi connectivity index (χ2v) is 10.6. The molecule has 0 bridgehead atoms. The highest BCUT2D eigenvalue weighted by Gasteiger charge is 2.32. The summed E-state index contributed by atoms with van der Waals surface area (Å²) in [5, 5.41) is 2.61. The standard InChI is InChI=1S/C27H30FN3O4S/c1-20-9-15-24(16-10-20)36(34,35)30(3)19-26(32)31(18-22-11-13-23(28)14-12-22)25(27(33)29-2)17-21-7-5-4-6-8-21/h4-16,25H,17-19H2,1-3H3,(H,29,33). The Bertz CT molecular complexity index is 1280. The van der Waals surface area contributed by atoms with Crippen LogP contribution in [0.2, 0.25) is 0 Å². The van der Waals surface area contributed by atoms with Crippen LogP contribution in [-0.4, -0.2) is 56.1 Å². The van der Waals surface area contributed by atoms with Gasteiger partial charge in [-0.1, -0.05) is 60.2 Å².